The van der Waals surface area contributed by atoms with Crippen molar-refractivity contribution < 1.29 is 9.13 Å². The molecule has 0 amide bonds. The van der Waals surface area contributed by atoms with Crippen molar-refractivity contribution in [3.8, 4) is 5.75 Å². The molecule has 1 aliphatic rings. The zero-order valence-corrected chi connectivity index (χ0v) is 10.7. The van der Waals surface area contributed by atoms with Gasteiger partial charge in [-0.25, -0.2) is 9.37 Å². The van der Waals surface area contributed by atoms with Crippen LogP contribution in [0.3, 0.4) is 0 Å². The van der Waals surface area contributed by atoms with Gasteiger partial charge in [0, 0.05) is 11.8 Å². The Kier molecular flexibility index (Phi) is 3.02. The fourth-order valence-electron chi connectivity index (χ4n) is 2.23. The van der Waals surface area contributed by atoms with Crippen LogP contribution < -0.4 is 15.4 Å². The number of halogens is 1. The average molecular weight is 275 g/mol. The Balaban J connectivity index is 2.00. The van der Waals surface area contributed by atoms with E-state index in [1.165, 1.54) is 6.07 Å². The standard InChI is InChI=1S/C13H14FN5O/c14-10-3-8(13(15)16)4-11-12(10)20-2-1-19(11)6-9-5-17-7-18-9/h3-5,7H,1-2,6H2,(H3,15,16)(H,17,18). The van der Waals surface area contributed by atoms with Crippen molar-refractivity contribution in [2.45, 2.75) is 6.54 Å². The summed E-state index contributed by atoms with van der Waals surface area (Å²) >= 11 is 0. The van der Waals surface area contributed by atoms with E-state index in [9.17, 15) is 4.39 Å². The molecule has 2 heterocycles. The predicted octanol–water partition coefficient (Wildman–Crippen LogP) is 1.23. The molecule has 0 fully saturated rings. The zero-order chi connectivity index (χ0) is 14.1. The maximum absolute atomic E-state index is 14.0. The molecule has 1 aromatic heterocycles. The number of amidine groups is 1. The van der Waals surface area contributed by atoms with Gasteiger partial charge in [0.15, 0.2) is 11.6 Å². The lowest BCUT2D eigenvalue weighted by molar-refractivity contribution is 0.291. The first-order chi connectivity index (χ1) is 9.65. The molecule has 4 N–H and O–H groups in total. The third kappa shape index (κ3) is 2.18. The van der Waals surface area contributed by atoms with E-state index in [-0.39, 0.29) is 11.6 Å². The summed E-state index contributed by atoms with van der Waals surface area (Å²) in [4.78, 5) is 9.01. The lowest BCUT2D eigenvalue weighted by Crippen LogP contribution is -2.33. The van der Waals surface area contributed by atoms with Gasteiger partial charge in [0.2, 0.25) is 0 Å². The van der Waals surface area contributed by atoms with Crippen molar-refractivity contribution in [3.05, 3.63) is 41.7 Å². The van der Waals surface area contributed by atoms with Gasteiger partial charge < -0.3 is 20.4 Å². The van der Waals surface area contributed by atoms with Crippen LogP contribution in [0.2, 0.25) is 0 Å². The first kappa shape index (κ1) is 12.5. The van der Waals surface area contributed by atoms with Crippen LogP contribution in [-0.4, -0.2) is 29.0 Å². The van der Waals surface area contributed by atoms with Crippen molar-refractivity contribution in [2.75, 3.05) is 18.1 Å². The number of nitrogens with zero attached hydrogens (tertiary/aromatic N) is 2. The van der Waals surface area contributed by atoms with E-state index in [1.807, 2.05) is 4.90 Å². The van der Waals surface area contributed by atoms with Gasteiger partial charge in [-0.3, -0.25) is 5.41 Å². The number of hydrogen-bond acceptors (Lipinski definition) is 4. The normalized spacial score (nSPS) is 13.8. The van der Waals surface area contributed by atoms with E-state index in [2.05, 4.69) is 9.97 Å². The molecule has 2 aromatic rings. The molecule has 104 valence electrons. The zero-order valence-electron chi connectivity index (χ0n) is 10.7. The average Bonchev–Trinajstić information content (AvgIpc) is 2.92. The lowest BCUT2D eigenvalue weighted by atomic mass is 10.1. The molecule has 0 aliphatic carbocycles. The second-order valence-corrected chi connectivity index (χ2v) is 4.55. The largest absolute Gasteiger partial charge is 0.486 e. The number of imidazole rings is 1. The van der Waals surface area contributed by atoms with Crippen molar-refractivity contribution in [1.82, 2.24) is 9.97 Å². The highest BCUT2D eigenvalue weighted by molar-refractivity contribution is 5.96. The fraction of sp³-hybridized carbons (Fsp3) is 0.231. The van der Waals surface area contributed by atoms with Gasteiger partial charge in [-0.15, -0.1) is 0 Å². The minimum Gasteiger partial charge on any atom is -0.486 e. The number of anilines is 1. The maximum Gasteiger partial charge on any atom is 0.178 e. The fourth-order valence-corrected chi connectivity index (χ4v) is 2.23. The summed E-state index contributed by atoms with van der Waals surface area (Å²) in [6.45, 7) is 1.58. The van der Waals surface area contributed by atoms with Crippen molar-refractivity contribution in [1.29, 1.82) is 5.41 Å². The molecule has 6 nitrogen and oxygen atoms in total. The number of fused-ring (bicyclic) bond motifs is 1. The van der Waals surface area contributed by atoms with Crippen LogP contribution in [0, 0.1) is 11.2 Å². The minimum absolute atomic E-state index is 0.169. The molecule has 0 unspecified atom stereocenters. The number of ether oxygens (including phenoxy) is 1. The van der Waals surface area contributed by atoms with Gasteiger partial charge in [0.25, 0.3) is 0 Å². The Bertz CT molecular complexity index is 640. The van der Waals surface area contributed by atoms with Crippen LogP contribution in [0.5, 0.6) is 5.75 Å². The highest BCUT2D eigenvalue weighted by Gasteiger charge is 2.23. The number of hydrogen-bond donors (Lipinski definition) is 3. The third-order valence-corrected chi connectivity index (χ3v) is 3.19. The number of aromatic amines is 1. The molecule has 20 heavy (non-hydrogen) atoms. The van der Waals surface area contributed by atoms with E-state index in [4.69, 9.17) is 15.9 Å². The molecule has 0 saturated heterocycles. The quantitative estimate of drug-likeness (QED) is 0.580. The number of benzene rings is 1. The van der Waals surface area contributed by atoms with Gasteiger partial charge >= 0.3 is 0 Å². The first-order valence-corrected chi connectivity index (χ1v) is 6.18. The van der Waals surface area contributed by atoms with E-state index in [0.29, 0.717) is 30.9 Å². The molecule has 0 spiro atoms. The Morgan fingerprint density at radius 1 is 1.55 bits per heavy atom. The van der Waals surface area contributed by atoms with Crippen LogP contribution in [0.4, 0.5) is 10.1 Å². The van der Waals surface area contributed by atoms with Crippen LogP contribution >= 0.6 is 0 Å². The maximum atomic E-state index is 14.0. The van der Waals surface area contributed by atoms with E-state index >= 15 is 0 Å². The molecular weight excluding hydrogens is 261 g/mol. The second-order valence-electron chi connectivity index (χ2n) is 4.55. The van der Waals surface area contributed by atoms with Crippen LogP contribution in [0.15, 0.2) is 24.7 Å². The Morgan fingerprint density at radius 2 is 2.40 bits per heavy atom. The van der Waals surface area contributed by atoms with E-state index in [0.717, 1.165) is 5.69 Å². The number of rotatable bonds is 3. The van der Waals surface area contributed by atoms with Crippen molar-refractivity contribution in [3.63, 3.8) is 0 Å². The number of aromatic nitrogens is 2. The Labute approximate surface area is 114 Å². The minimum atomic E-state index is -0.501. The van der Waals surface area contributed by atoms with E-state index < -0.39 is 5.82 Å². The highest BCUT2D eigenvalue weighted by Crippen LogP contribution is 2.35. The SMILES string of the molecule is N=C(N)c1cc(F)c2c(c1)N(Cc1c[nH]cn1)CCO2. The summed E-state index contributed by atoms with van der Waals surface area (Å²) in [6, 6.07) is 2.89. The summed E-state index contributed by atoms with van der Waals surface area (Å²) < 4.78 is 19.4. The highest BCUT2D eigenvalue weighted by atomic mass is 19.1. The van der Waals surface area contributed by atoms with Gasteiger partial charge in [-0.1, -0.05) is 0 Å². The van der Waals surface area contributed by atoms with Crippen molar-refractivity contribution in [2.24, 2.45) is 5.73 Å². The first-order valence-electron chi connectivity index (χ1n) is 6.18. The Morgan fingerprint density at radius 3 is 3.10 bits per heavy atom. The summed E-state index contributed by atoms with van der Waals surface area (Å²) in [5.41, 5.74) is 7.24. The monoisotopic (exact) mass is 275 g/mol. The van der Waals surface area contributed by atoms with Crippen molar-refractivity contribution >= 4 is 11.5 Å². The number of nitrogens with one attached hydrogen (secondary N) is 2. The molecule has 0 saturated carbocycles. The molecule has 0 atom stereocenters. The predicted molar refractivity (Wildman–Crippen MR) is 72.5 cm³/mol. The lowest BCUT2D eigenvalue weighted by Gasteiger charge is -2.31. The Hall–Kier alpha value is -2.57. The van der Waals surface area contributed by atoms with Gasteiger partial charge in [0.05, 0.1) is 30.8 Å². The van der Waals surface area contributed by atoms with Crippen LogP contribution in [-0.2, 0) is 6.54 Å². The molecular formula is C13H14FN5O. The van der Waals surface area contributed by atoms with E-state index in [1.54, 1.807) is 18.6 Å². The number of nitrogen functional groups attached to an aromatic ring is 1. The van der Waals surface area contributed by atoms with Gasteiger partial charge in [0.1, 0.15) is 12.4 Å². The summed E-state index contributed by atoms with van der Waals surface area (Å²) in [6.07, 6.45) is 3.39. The third-order valence-electron chi connectivity index (χ3n) is 3.19. The molecule has 3 rings (SSSR count). The number of nitrogens with two attached hydrogens (primary N) is 1. The topological polar surface area (TPSA) is 91.0 Å². The van der Waals surface area contributed by atoms with Gasteiger partial charge in [-0.05, 0) is 12.1 Å². The van der Waals surface area contributed by atoms with Gasteiger partial charge in [-0.2, -0.15) is 0 Å². The summed E-state index contributed by atoms with van der Waals surface area (Å²) in [5.74, 6) is -0.465. The smallest absolute Gasteiger partial charge is 0.178 e. The molecule has 0 radical (unpaired) electrons. The number of H-pyrrole nitrogens is 1. The second kappa shape index (κ2) is 4.84. The molecule has 7 heteroatoms. The molecule has 0 bridgehead atoms. The van der Waals surface area contributed by atoms with Crippen LogP contribution in [0.25, 0.3) is 0 Å². The summed E-state index contributed by atoms with van der Waals surface area (Å²) in [5, 5.41) is 7.45. The molecule has 1 aromatic carbocycles. The van der Waals surface area contributed by atoms with Crippen LogP contribution in [0.1, 0.15) is 11.3 Å². The summed E-state index contributed by atoms with van der Waals surface area (Å²) in [7, 11) is 0. The molecule has 1 aliphatic heterocycles.